The van der Waals surface area contributed by atoms with Gasteiger partial charge in [-0.3, -0.25) is 9.80 Å². The zero-order valence-electron chi connectivity index (χ0n) is 32.4. The molecule has 2 saturated heterocycles. The van der Waals surface area contributed by atoms with E-state index in [0.717, 1.165) is 0 Å². The van der Waals surface area contributed by atoms with Gasteiger partial charge in [0, 0.05) is 39.3 Å². The van der Waals surface area contributed by atoms with E-state index in [1.54, 1.807) is 24.3 Å². The molecule has 2 aliphatic carbocycles. The van der Waals surface area contributed by atoms with Crippen molar-refractivity contribution in [2.45, 2.75) is 59.6 Å². The average Bonchev–Trinajstić information content (AvgIpc) is 4.04. The predicted octanol–water partition coefficient (Wildman–Crippen LogP) is -9.39. The SMILES string of the molecule is NC(CO)(CO)CN1CC(Oc2ccc3c(c2C(=O)O)O[B-](O)(O)[C@H]2C[C@@H]32)C1.NC(CO)(CO)CN1CC(Oc2ccc3c(c2C(=O)O)O[B-](O)(O)[C@H]2C[C@@H]32)C1.[Na+].[Na+]. The summed E-state index contributed by atoms with van der Waals surface area (Å²) < 4.78 is 22.2. The molecule has 8 rings (SSSR count). The number of likely N-dealkylation sites (tertiary alicyclic amines) is 2. The number of carbonyl (C=O) groups is 2. The van der Waals surface area contributed by atoms with Gasteiger partial charge in [0.15, 0.2) is 0 Å². The molecule has 4 fully saturated rings. The van der Waals surface area contributed by atoms with E-state index in [9.17, 15) is 60.3 Å². The molecule has 58 heavy (non-hydrogen) atoms. The van der Waals surface area contributed by atoms with E-state index >= 15 is 0 Å². The fraction of sp³-hybridized carbons (Fsp3) is 0.588. The molecular formula is C34H48B2N4Na2O16. The summed E-state index contributed by atoms with van der Waals surface area (Å²) >= 11 is 0. The van der Waals surface area contributed by atoms with E-state index in [1.165, 1.54) is 0 Å². The Hall–Kier alpha value is -1.77. The molecule has 4 heterocycles. The fourth-order valence-corrected chi connectivity index (χ4v) is 8.23. The summed E-state index contributed by atoms with van der Waals surface area (Å²) in [6.07, 6.45) is 0.503. The van der Waals surface area contributed by atoms with Crippen LogP contribution in [0.2, 0.25) is 11.6 Å². The van der Waals surface area contributed by atoms with Crippen LogP contribution in [0.1, 0.15) is 56.5 Å². The van der Waals surface area contributed by atoms with Gasteiger partial charge in [-0.15, -0.1) is 0 Å². The maximum absolute atomic E-state index is 11.8. The first-order valence-corrected chi connectivity index (χ1v) is 18.5. The van der Waals surface area contributed by atoms with Crippen LogP contribution in [0, 0.1) is 0 Å². The van der Waals surface area contributed by atoms with Crippen LogP contribution >= 0.6 is 0 Å². The Morgan fingerprint density at radius 3 is 1.28 bits per heavy atom. The van der Waals surface area contributed by atoms with Crippen molar-refractivity contribution in [2.75, 3.05) is 65.7 Å². The van der Waals surface area contributed by atoms with Crippen LogP contribution in [0.15, 0.2) is 24.3 Å². The molecule has 0 amide bonds. The molecule has 4 aliphatic heterocycles. The van der Waals surface area contributed by atoms with E-state index in [4.69, 9.17) is 30.2 Å². The molecule has 14 N–H and O–H groups in total. The Morgan fingerprint density at radius 2 is 0.983 bits per heavy atom. The van der Waals surface area contributed by atoms with E-state index in [-0.39, 0.29) is 157 Å². The van der Waals surface area contributed by atoms with Gasteiger partial charge in [-0.25, -0.2) is 9.59 Å². The summed E-state index contributed by atoms with van der Waals surface area (Å²) in [5, 5.41) is 96.7. The third-order valence-electron chi connectivity index (χ3n) is 11.7. The number of fused-ring (bicyclic) bond motifs is 6. The monoisotopic (exact) mass is 836 g/mol. The van der Waals surface area contributed by atoms with Crippen molar-refractivity contribution in [1.82, 2.24) is 9.80 Å². The summed E-state index contributed by atoms with van der Waals surface area (Å²) in [5.74, 6) is -3.41. The van der Waals surface area contributed by atoms with Gasteiger partial charge in [-0.2, -0.15) is 0 Å². The van der Waals surface area contributed by atoms with E-state index in [1.807, 2.05) is 9.80 Å². The van der Waals surface area contributed by atoms with Crippen molar-refractivity contribution in [3.8, 4) is 23.0 Å². The van der Waals surface area contributed by atoms with Crippen molar-refractivity contribution in [2.24, 2.45) is 11.5 Å². The minimum absolute atomic E-state index is 0. The van der Waals surface area contributed by atoms with Gasteiger partial charge in [0.05, 0.1) is 49.0 Å². The summed E-state index contributed by atoms with van der Waals surface area (Å²) in [6, 6.07) is 6.58. The van der Waals surface area contributed by atoms with Crippen LogP contribution in [0.25, 0.3) is 0 Å². The molecule has 24 heteroatoms. The van der Waals surface area contributed by atoms with Gasteiger partial charge in [0.25, 0.3) is 0 Å². The molecule has 2 aromatic carbocycles. The minimum Gasteiger partial charge on any atom is -0.669 e. The number of carboxylic acid groups (broad SMARTS) is 2. The van der Waals surface area contributed by atoms with Gasteiger partial charge in [0.1, 0.15) is 34.8 Å². The largest absolute Gasteiger partial charge is 1.00 e. The van der Waals surface area contributed by atoms with Crippen LogP contribution in [0.3, 0.4) is 0 Å². The zero-order chi connectivity index (χ0) is 40.5. The zero-order valence-corrected chi connectivity index (χ0v) is 36.4. The van der Waals surface area contributed by atoms with Gasteiger partial charge in [-0.05, 0) is 35.1 Å². The van der Waals surface area contributed by atoms with E-state index in [0.29, 0.717) is 50.1 Å². The Morgan fingerprint density at radius 1 is 0.655 bits per heavy atom. The Kier molecular flexibility index (Phi) is 14.3. The smallest absolute Gasteiger partial charge is 0.669 e. The molecule has 0 bridgehead atoms. The fourth-order valence-electron chi connectivity index (χ4n) is 8.23. The number of hydrogen-bond acceptors (Lipinski definition) is 18. The van der Waals surface area contributed by atoms with Crippen LogP contribution < -0.4 is 89.4 Å². The first kappa shape index (κ1) is 47.3. The standard InChI is InChI=1S/2C17H24BN2O8.2Na/c2*19-17(7-21,8-22)6-20-4-9(5-20)27-13-2-1-10-11-3-12(11)18(25,26)28-15(10)14(13)16(23)24;;/h2*1-2,9,11-12,21-22,25-26H,3-8,19H2,(H,23,24);;/q2*-1;2*+1/t2*11-,12-;;/m00../s1. The number of aliphatic hydroxyl groups excluding tert-OH is 4. The molecule has 0 radical (unpaired) electrons. The van der Waals surface area contributed by atoms with Crippen LogP contribution in [0.4, 0.5) is 0 Å². The minimum atomic E-state index is -3.08. The number of ether oxygens (including phenoxy) is 2. The molecule has 6 aliphatic rings. The number of aliphatic hydroxyl groups is 4. The normalized spacial score (nSPS) is 25.0. The van der Waals surface area contributed by atoms with Crippen LogP contribution in [-0.4, -0.2) is 175 Å². The molecule has 4 atom stereocenters. The maximum Gasteiger partial charge on any atom is 1.00 e. The number of rotatable bonds is 14. The first-order chi connectivity index (χ1) is 26.3. The second-order valence-electron chi connectivity index (χ2n) is 16.3. The van der Waals surface area contributed by atoms with E-state index in [2.05, 4.69) is 0 Å². The van der Waals surface area contributed by atoms with Crippen molar-refractivity contribution < 1.29 is 138 Å². The van der Waals surface area contributed by atoms with Crippen molar-refractivity contribution in [3.05, 3.63) is 46.5 Å². The maximum atomic E-state index is 11.8. The van der Waals surface area contributed by atoms with Gasteiger partial charge in [-0.1, -0.05) is 36.6 Å². The van der Waals surface area contributed by atoms with Crippen LogP contribution in [0.5, 0.6) is 23.0 Å². The number of carboxylic acids is 2. The summed E-state index contributed by atoms with van der Waals surface area (Å²) in [7, 11) is 0. The molecule has 2 saturated carbocycles. The second-order valence-corrected chi connectivity index (χ2v) is 16.3. The van der Waals surface area contributed by atoms with Gasteiger partial charge < -0.3 is 81.0 Å². The molecule has 2 aromatic rings. The molecule has 0 unspecified atom stereocenters. The number of benzene rings is 2. The number of aromatic carboxylic acids is 2. The van der Waals surface area contributed by atoms with Crippen molar-refractivity contribution >= 4 is 25.4 Å². The van der Waals surface area contributed by atoms with Crippen molar-refractivity contribution in [1.29, 1.82) is 0 Å². The average molecular weight is 836 g/mol. The molecule has 0 spiro atoms. The quantitative estimate of drug-likeness (QED) is 0.0786. The Labute approximate surface area is 377 Å². The molecular weight excluding hydrogens is 788 g/mol. The third kappa shape index (κ3) is 9.34. The topological polar surface area (TPSA) is 332 Å². The van der Waals surface area contributed by atoms with Crippen LogP contribution in [-0.2, 0) is 0 Å². The van der Waals surface area contributed by atoms with E-state index < -0.39 is 48.2 Å². The van der Waals surface area contributed by atoms with Gasteiger partial charge in [0.2, 0.25) is 0 Å². The first-order valence-electron chi connectivity index (χ1n) is 18.5. The number of nitrogens with two attached hydrogens (primary N) is 2. The molecule has 20 nitrogen and oxygen atoms in total. The summed E-state index contributed by atoms with van der Waals surface area (Å²) in [4.78, 5) is 27.5. The van der Waals surface area contributed by atoms with Crippen molar-refractivity contribution in [3.63, 3.8) is 0 Å². The second kappa shape index (κ2) is 17.5. The number of nitrogens with zero attached hydrogens (tertiary/aromatic N) is 2. The Bertz CT molecular complexity index is 1730. The molecule has 0 aromatic heterocycles. The number of hydrogen-bond donors (Lipinski definition) is 12. The van der Waals surface area contributed by atoms with Gasteiger partial charge >= 0.3 is 84.6 Å². The molecule has 308 valence electrons. The third-order valence-corrected chi connectivity index (χ3v) is 11.7. The summed E-state index contributed by atoms with van der Waals surface area (Å²) in [6.45, 7) is -5.22. The summed E-state index contributed by atoms with van der Waals surface area (Å²) in [5.41, 5.74) is 10.4. The predicted molar refractivity (Wildman–Crippen MR) is 195 cm³/mol. The Balaban J connectivity index is 0.000000214.